The Kier molecular flexibility index (Phi) is 5.06. The van der Waals surface area contributed by atoms with E-state index >= 15 is 0 Å². The standard InChI is InChI=1S/C10H12Cl2O4S/c1-7(6-15-17(2,13)14)16-10-4-3-8(11)5-9(10)12/h3-5,7H,6H2,1-2H3. The van der Waals surface area contributed by atoms with Gasteiger partial charge in [0.25, 0.3) is 10.1 Å². The van der Waals surface area contributed by atoms with Gasteiger partial charge in [0.05, 0.1) is 11.3 Å². The highest BCUT2D eigenvalue weighted by Gasteiger charge is 2.11. The Morgan fingerprint density at radius 2 is 2.00 bits per heavy atom. The van der Waals surface area contributed by atoms with Crippen molar-refractivity contribution in [3.63, 3.8) is 0 Å². The van der Waals surface area contributed by atoms with Crippen molar-refractivity contribution in [2.45, 2.75) is 13.0 Å². The molecule has 0 radical (unpaired) electrons. The summed E-state index contributed by atoms with van der Waals surface area (Å²) in [5, 5.41) is 0.867. The van der Waals surface area contributed by atoms with Gasteiger partial charge in [-0.05, 0) is 25.1 Å². The van der Waals surface area contributed by atoms with E-state index in [9.17, 15) is 8.42 Å². The molecule has 0 spiro atoms. The van der Waals surface area contributed by atoms with E-state index in [0.29, 0.717) is 15.8 Å². The first-order chi connectivity index (χ1) is 7.78. The normalized spacial score (nSPS) is 13.4. The zero-order valence-electron chi connectivity index (χ0n) is 9.31. The second-order valence-electron chi connectivity index (χ2n) is 3.49. The van der Waals surface area contributed by atoms with Crippen LogP contribution in [-0.2, 0) is 14.3 Å². The molecule has 0 fully saturated rings. The van der Waals surface area contributed by atoms with Crippen LogP contribution in [0.2, 0.25) is 10.0 Å². The van der Waals surface area contributed by atoms with E-state index in [4.69, 9.17) is 27.9 Å². The number of ether oxygens (including phenoxy) is 1. The lowest BCUT2D eigenvalue weighted by molar-refractivity contribution is 0.147. The third kappa shape index (κ3) is 5.59. The molecule has 1 atom stereocenters. The molecular formula is C10H12Cl2O4S. The van der Waals surface area contributed by atoms with Gasteiger partial charge in [0.15, 0.2) is 0 Å². The lowest BCUT2D eigenvalue weighted by Crippen LogP contribution is -2.21. The fourth-order valence-corrected chi connectivity index (χ4v) is 1.93. The molecule has 96 valence electrons. The van der Waals surface area contributed by atoms with Gasteiger partial charge in [0.1, 0.15) is 18.5 Å². The molecule has 1 rings (SSSR count). The predicted molar refractivity (Wildman–Crippen MR) is 67.3 cm³/mol. The topological polar surface area (TPSA) is 52.6 Å². The maximum absolute atomic E-state index is 10.8. The minimum atomic E-state index is -3.46. The van der Waals surface area contributed by atoms with Crippen LogP contribution in [0.15, 0.2) is 18.2 Å². The summed E-state index contributed by atoms with van der Waals surface area (Å²) in [5.74, 6) is 0.431. The Hall–Kier alpha value is -0.490. The minimum absolute atomic E-state index is 0.0716. The maximum atomic E-state index is 10.8. The van der Waals surface area contributed by atoms with Crippen molar-refractivity contribution in [3.05, 3.63) is 28.2 Å². The molecule has 7 heteroatoms. The summed E-state index contributed by atoms with van der Waals surface area (Å²) >= 11 is 11.6. The lowest BCUT2D eigenvalue weighted by atomic mass is 10.3. The summed E-state index contributed by atoms with van der Waals surface area (Å²) in [6, 6.07) is 4.79. The van der Waals surface area contributed by atoms with Crippen LogP contribution in [0.1, 0.15) is 6.92 Å². The third-order valence-electron chi connectivity index (χ3n) is 1.74. The first-order valence-electron chi connectivity index (χ1n) is 4.74. The molecule has 17 heavy (non-hydrogen) atoms. The molecule has 0 saturated heterocycles. The van der Waals surface area contributed by atoms with E-state index < -0.39 is 16.2 Å². The summed E-state index contributed by atoms with van der Waals surface area (Å²) in [7, 11) is -3.46. The molecule has 0 N–H and O–H groups in total. The molecule has 0 bridgehead atoms. The highest BCUT2D eigenvalue weighted by atomic mass is 35.5. The van der Waals surface area contributed by atoms with Crippen LogP contribution in [-0.4, -0.2) is 27.4 Å². The smallest absolute Gasteiger partial charge is 0.264 e. The SMILES string of the molecule is CC(COS(C)(=O)=O)Oc1ccc(Cl)cc1Cl. The second kappa shape index (κ2) is 5.91. The maximum Gasteiger partial charge on any atom is 0.264 e. The van der Waals surface area contributed by atoms with Crippen LogP contribution in [0.3, 0.4) is 0 Å². The summed E-state index contributed by atoms with van der Waals surface area (Å²) in [6.07, 6.45) is 0.540. The molecular weight excluding hydrogens is 287 g/mol. The monoisotopic (exact) mass is 298 g/mol. The van der Waals surface area contributed by atoms with Gasteiger partial charge in [-0.2, -0.15) is 8.42 Å². The Morgan fingerprint density at radius 3 is 2.53 bits per heavy atom. The van der Waals surface area contributed by atoms with Crippen molar-refractivity contribution in [2.24, 2.45) is 0 Å². The van der Waals surface area contributed by atoms with Crippen molar-refractivity contribution in [1.29, 1.82) is 0 Å². The highest BCUT2D eigenvalue weighted by molar-refractivity contribution is 7.85. The van der Waals surface area contributed by atoms with E-state index in [2.05, 4.69) is 4.18 Å². The van der Waals surface area contributed by atoms with Gasteiger partial charge in [0, 0.05) is 5.02 Å². The van der Waals surface area contributed by atoms with E-state index in [-0.39, 0.29) is 6.61 Å². The van der Waals surface area contributed by atoms with Crippen molar-refractivity contribution in [2.75, 3.05) is 12.9 Å². The first-order valence-corrected chi connectivity index (χ1v) is 7.31. The molecule has 4 nitrogen and oxygen atoms in total. The molecule has 1 aromatic rings. The largest absolute Gasteiger partial charge is 0.487 e. The fraction of sp³-hybridized carbons (Fsp3) is 0.400. The number of halogens is 2. The Morgan fingerprint density at radius 1 is 1.35 bits per heavy atom. The molecule has 0 amide bonds. The van der Waals surface area contributed by atoms with E-state index in [1.807, 2.05) is 0 Å². The lowest BCUT2D eigenvalue weighted by Gasteiger charge is -2.15. The van der Waals surface area contributed by atoms with Crippen molar-refractivity contribution in [3.8, 4) is 5.75 Å². The quantitative estimate of drug-likeness (QED) is 0.784. The zero-order chi connectivity index (χ0) is 13.1. The van der Waals surface area contributed by atoms with Crippen LogP contribution in [0.4, 0.5) is 0 Å². The molecule has 1 unspecified atom stereocenters. The first kappa shape index (κ1) is 14.6. The Bertz CT molecular complexity index is 487. The third-order valence-corrected chi connectivity index (χ3v) is 2.83. The number of hydrogen-bond donors (Lipinski definition) is 0. The average molecular weight is 299 g/mol. The van der Waals surface area contributed by atoms with Crippen LogP contribution < -0.4 is 4.74 Å². The summed E-state index contributed by atoms with van der Waals surface area (Å²) < 4.78 is 31.6. The molecule has 0 heterocycles. The molecule has 0 aromatic heterocycles. The van der Waals surface area contributed by atoms with Crippen LogP contribution >= 0.6 is 23.2 Å². The van der Waals surface area contributed by atoms with Crippen molar-refractivity contribution < 1.29 is 17.3 Å². The van der Waals surface area contributed by atoms with Crippen molar-refractivity contribution in [1.82, 2.24) is 0 Å². The number of benzene rings is 1. The van der Waals surface area contributed by atoms with Gasteiger partial charge in [-0.1, -0.05) is 23.2 Å². The Labute approximate surface area is 111 Å². The van der Waals surface area contributed by atoms with Crippen molar-refractivity contribution >= 4 is 33.3 Å². The van der Waals surface area contributed by atoms with Gasteiger partial charge >= 0.3 is 0 Å². The minimum Gasteiger partial charge on any atom is -0.487 e. The Balaban J connectivity index is 2.59. The molecule has 0 saturated carbocycles. The predicted octanol–water partition coefficient (Wildman–Crippen LogP) is 2.74. The second-order valence-corrected chi connectivity index (χ2v) is 5.98. The van der Waals surface area contributed by atoms with Gasteiger partial charge in [-0.15, -0.1) is 0 Å². The van der Waals surface area contributed by atoms with E-state index in [0.717, 1.165) is 6.26 Å². The van der Waals surface area contributed by atoms with Crippen LogP contribution in [0.25, 0.3) is 0 Å². The molecule has 0 aliphatic heterocycles. The van der Waals surface area contributed by atoms with Gasteiger partial charge < -0.3 is 4.74 Å². The number of hydrogen-bond acceptors (Lipinski definition) is 4. The molecule has 0 aliphatic carbocycles. The average Bonchev–Trinajstić information content (AvgIpc) is 2.18. The van der Waals surface area contributed by atoms with Gasteiger partial charge in [0.2, 0.25) is 0 Å². The van der Waals surface area contributed by atoms with E-state index in [1.165, 1.54) is 0 Å². The summed E-state index contributed by atoms with van der Waals surface area (Å²) in [6.45, 7) is 1.61. The van der Waals surface area contributed by atoms with Gasteiger partial charge in [-0.3, -0.25) is 4.18 Å². The van der Waals surface area contributed by atoms with Gasteiger partial charge in [-0.25, -0.2) is 0 Å². The molecule has 0 aliphatic rings. The fourth-order valence-electron chi connectivity index (χ4n) is 1.04. The number of rotatable bonds is 5. The van der Waals surface area contributed by atoms with E-state index in [1.54, 1.807) is 25.1 Å². The zero-order valence-corrected chi connectivity index (χ0v) is 11.6. The summed E-state index contributed by atoms with van der Waals surface area (Å²) in [5.41, 5.74) is 0. The highest BCUT2D eigenvalue weighted by Crippen LogP contribution is 2.28. The summed E-state index contributed by atoms with van der Waals surface area (Å²) in [4.78, 5) is 0. The van der Waals surface area contributed by atoms with Crippen LogP contribution in [0.5, 0.6) is 5.75 Å². The van der Waals surface area contributed by atoms with Crippen LogP contribution in [0, 0.1) is 0 Å². The molecule has 1 aromatic carbocycles.